The Morgan fingerprint density at radius 2 is 1.81 bits per heavy atom. The first kappa shape index (κ1) is 14.8. The van der Waals surface area contributed by atoms with Gasteiger partial charge in [-0.25, -0.2) is 9.18 Å². The maximum atomic E-state index is 13.6. The summed E-state index contributed by atoms with van der Waals surface area (Å²) in [6, 6.07) is 7.58. The Labute approximate surface area is 116 Å². The highest BCUT2D eigenvalue weighted by Gasteiger charge is 2.31. The molecule has 2 N–H and O–H groups in total. The molecule has 110 valence electrons. The van der Waals surface area contributed by atoms with Crippen LogP contribution in [0.1, 0.15) is 15.9 Å². The van der Waals surface area contributed by atoms with Crippen LogP contribution in [-0.4, -0.2) is 11.1 Å². The van der Waals surface area contributed by atoms with Gasteiger partial charge in [-0.15, -0.1) is 0 Å². The van der Waals surface area contributed by atoms with E-state index in [1.807, 2.05) is 0 Å². The molecule has 0 bridgehead atoms. The van der Waals surface area contributed by atoms with Crippen molar-refractivity contribution in [3.05, 3.63) is 59.4 Å². The van der Waals surface area contributed by atoms with Crippen molar-refractivity contribution in [3.63, 3.8) is 0 Å². The first-order chi connectivity index (χ1) is 9.77. The highest BCUT2D eigenvalue weighted by molar-refractivity contribution is 5.89. The van der Waals surface area contributed by atoms with Gasteiger partial charge < -0.3 is 10.4 Å². The van der Waals surface area contributed by atoms with Crippen LogP contribution in [0.15, 0.2) is 42.5 Å². The van der Waals surface area contributed by atoms with Gasteiger partial charge in [0.1, 0.15) is 5.82 Å². The van der Waals surface area contributed by atoms with E-state index in [2.05, 4.69) is 5.32 Å². The highest BCUT2D eigenvalue weighted by Crippen LogP contribution is 2.32. The lowest BCUT2D eigenvalue weighted by Gasteiger charge is -2.11. The van der Waals surface area contributed by atoms with Crippen LogP contribution in [0.2, 0.25) is 0 Å². The summed E-state index contributed by atoms with van der Waals surface area (Å²) in [6.45, 7) is 0. The Morgan fingerprint density at radius 1 is 1.10 bits per heavy atom. The molecule has 2 aromatic rings. The molecule has 7 heteroatoms. The number of anilines is 2. The summed E-state index contributed by atoms with van der Waals surface area (Å²) in [6.07, 6.45) is -4.62. The van der Waals surface area contributed by atoms with Crippen LogP contribution in [-0.2, 0) is 6.18 Å². The number of hydrogen-bond acceptors (Lipinski definition) is 2. The molecule has 2 rings (SSSR count). The molecule has 0 aromatic heterocycles. The predicted octanol–water partition coefficient (Wildman–Crippen LogP) is 4.29. The lowest BCUT2D eigenvalue weighted by atomic mass is 10.1. The quantitative estimate of drug-likeness (QED) is 0.831. The van der Waals surface area contributed by atoms with Gasteiger partial charge in [0.2, 0.25) is 0 Å². The highest BCUT2D eigenvalue weighted by atomic mass is 19.4. The van der Waals surface area contributed by atoms with Crippen LogP contribution in [0.3, 0.4) is 0 Å². The Bertz CT molecular complexity index is 683. The molecule has 0 unspecified atom stereocenters. The van der Waals surface area contributed by atoms with Crippen LogP contribution in [0.4, 0.5) is 28.9 Å². The maximum absolute atomic E-state index is 13.6. The number of halogens is 4. The minimum Gasteiger partial charge on any atom is -0.478 e. The van der Waals surface area contributed by atoms with Crippen molar-refractivity contribution in [2.45, 2.75) is 6.18 Å². The van der Waals surface area contributed by atoms with Crippen molar-refractivity contribution in [1.82, 2.24) is 0 Å². The summed E-state index contributed by atoms with van der Waals surface area (Å²) in [7, 11) is 0. The van der Waals surface area contributed by atoms with E-state index in [-0.39, 0.29) is 16.9 Å². The molecular weight excluding hydrogens is 290 g/mol. The third-order valence-electron chi connectivity index (χ3n) is 2.68. The minimum atomic E-state index is -4.62. The summed E-state index contributed by atoms with van der Waals surface area (Å²) in [5.74, 6) is -2.24. The van der Waals surface area contributed by atoms with E-state index >= 15 is 0 Å². The lowest BCUT2D eigenvalue weighted by molar-refractivity contribution is -0.137. The predicted molar refractivity (Wildman–Crippen MR) is 68.1 cm³/mol. The summed E-state index contributed by atoms with van der Waals surface area (Å²) >= 11 is 0. The van der Waals surface area contributed by atoms with Gasteiger partial charge in [-0.1, -0.05) is 6.07 Å². The van der Waals surface area contributed by atoms with Gasteiger partial charge in [-0.2, -0.15) is 13.2 Å². The Hall–Kier alpha value is -2.57. The first-order valence-corrected chi connectivity index (χ1v) is 5.74. The number of rotatable bonds is 3. The zero-order valence-corrected chi connectivity index (χ0v) is 10.4. The molecule has 3 nitrogen and oxygen atoms in total. The van der Waals surface area contributed by atoms with E-state index in [9.17, 15) is 22.4 Å². The molecule has 21 heavy (non-hydrogen) atoms. The smallest absolute Gasteiger partial charge is 0.416 e. The summed E-state index contributed by atoms with van der Waals surface area (Å²) in [4.78, 5) is 10.8. The normalized spacial score (nSPS) is 11.2. The SMILES string of the molecule is O=C(O)c1cccc(Nc2ccc(C(F)(F)F)cc2F)c1. The molecule has 0 radical (unpaired) electrons. The number of hydrogen-bond donors (Lipinski definition) is 2. The van der Waals surface area contributed by atoms with E-state index in [0.717, 1.165) is 12.1 Å². The van der Waals surface area contributed by atoms with Crippen molar-refractivity contribution in [2.24, 2.45) is 0 Å². The third-order valence-corrected chi connectivity index (χ3v) is 2.68. The van der Waals surface area contributed by atoms with Crippen LogP contribution in [0.5, 0.6) is 0 Å². The van der Waals surface area contributed by atoms with E-state index in [1.165, 1.54) is 24.3 Å². The number of alkyl halides is 3. The second-order valence-electron chi connectivity index (χ2n) is 4.20. The van der Waals surface area contributed by atoms with Crippen LogP contribution in [0, 0.1) is 5.82 Å². The van der Waals surface area contributed by atoms with Gasteiger partial charge in [-0.3, -0.25) is 0 Å². The number of benzene rings is 2. The monoisotopic (exact) mass is 299 g/mol. The zero-order valence-electron chi connectivity index (χ0n) is 10.4. The molecule has 0 saturated heterocycles. The number of carboxylic acids is 1. The second kappa shape index (κ2) is 5.43. The van der Waals surface area contributed by atoms with E-state index in [0.29, 0.717) is 6.07 Å². The third kappa shape index (κ3) is 3.50. The molecule has 0 fully saturated rings. The maximum Gasteiger partial charge on any atom is 0.416 e. The molecule has 0 saturated carbocycles. The molecule has 0 aliphatic heterocycles. The average molecular weight is 299 g/mol. The van der Waals surface area contributed by atoms with Crippen molar-refractivity contribution < 1.29 is 27.5 Å². The van der Waals surface area contributed by atoms with Crippen LogP contribution >= 0.6 is 0 Å². The fourth-order valence-corrected chi connectivity index (χ4v) is 1.68. The summed E-state index contributed by atoms with van der Waals surface area (Å²) in [5.41, 5.74) is -1.03. The first-order valence-electron chi connectivity index (χ1n) is 5.74. The van der Waals surface area contributed by atoms with Gasteiger partial charge in [0.25, 0.3) is 0 Å². The average Bonchev–Trinajstić information content (AvgIpc) is 2.40. The van der Waals surface area contributed by atoms with Crippen LogP contribution in [0.25, 0.3) is 0 Å². The number of carboxylic acid groups (broad SMARTS) is 1. The zero-order chi connectivity index (χ0) is 15.6. The standard InChI is InChI=1S/C14H9F4NO2/c15-11-7-9(14(16,17)18)4-5-12(11)19-10-3-1-2-8(6-10)13(20)21/h1-7,19H,(H,20,21). The van der Waals surface area contributed by atoms with Gasteiger partial charge in [0, 0.05) is 5.69 Å². The molecule has 2 aromatic carbocycles. The Kier molecular flexibility index (Phi) is 3.84. The molecule has 0 spiro atoms. The molecular formula is C14H9F4NO2. The Balaban J connectivity index is 2.28. The van der Waals surface area contributed by atoms with Gasteiger partial charge >= 0.3 is 12.1 Å². The van der Waals surface area contributed by atoms with Crippen molar-refractivity contribution in [2.75, 3.05) is 5.32 Å². The van der Waals surface area contributed by atoms with Crippen molar-refractivity contribution in [1.29, 1.82) is 0 Å². The molecule has 0 amide bonds. The number of carbonyl (C=O) groups is 1. The number of aromatic carboxylic acids is 1. The van der Waals surface area contributed by atoms with Crippen molar-refractivity contribution in [3.8, 4) is 0 Å². The molecule has 0 aliphatic rings. The van der Waals surface area contributed by atoms with E-state index < -0.39 is 23.5 Å². The van der Waals surface area contributed by atoms with Crippen LogP contribution < -0.4 is 5.32 Å². The summed E-state index contributed by atoms with van der Waals surface area (Å²) in [5, 5.41) is 11.4. The molecule has 0 heterocycles. The van der Waals surface area contributed by atoms with Gasteiger partial charge in [0.15, 0.2) is 0 Å². The van der Waals surface area contributed by atoms with Crippen molar-refractivity contribution >= 4 is 17.3 Å². The van der Waals surface area contributed by atoms with Gasteiger partial charge in [-0.05, 0) is 36.4 Å². The van der Waals surface area contributed by atoms with E-state index in [4.69, 9.17) is 5.11 Å². The fourth-order valence-electron chi connectivity index (χ4n) is 1.68. The van der Waals surface area contributed by atoms with E-state index in [1.54, 1.807) is 0 Å². The summed E-state index contributed by atoms with van der Waals surface area (Å²) < 4.78 is 50.9. The molecule has 0 aliphatic carbocycles. The van der Waals surface area contributed by atoms with Gasteiger partial charge in [0.05, 0.1) is 16.8 Å². The minimum absolute atomic E-state index is 0.0210. The lowest BCUT2D eigenvalue weighted by Crippen LogP contribution is -2.06. The Morgan fingerprint density at radius 3 is 2.38 bits per heavy atom. The molecule has 0 atom stereocenters. The number of nitrogens with one attached hydrogen (secondary N) is 1. The topological polar surface area (TPSA) is 49.3 Å². The largest absolute Gasteiger partial charge is 0.478 e. The fraction of sp³-hybridized carbons (Fsp3) is 0.0714. The second-order valence-corrected chi connectivity index (χ2v) is 4.20.